The summed E-state index contributed by atoms with van der Waals surface area (Å²) in [5, 5.41) is 0.398. The van der Waals surface area contributed by atoms with E-state index >= 15 is 0 Å². The van der Waals surface area contributed by atoms with Crippen LogP contribution in [0.5, 0.6) is 0 Å². The lowest BCUT2D eigenvalue weighted by molar-refractivity contribution is 0.398. The first kappa shape index (κ1) is 17.2. The molecule has 2 unspecified atom stereocenters. The number of anilines is 1. The third-order valence-electron chi connectivity index (χ3n) is 4.30. The number of aryl methyl sites for hydroxylation is 1. The molecule has 11 heteroatoms. The van der Waals surface area contributed by atoms with Crippen LogP contribution < -0.4 is 10.6 Å². The number of aromatic nitrogens is 3. The smallest absolute Gasteiger partial charge is 0.360 e. The molecule has 0 radical (unpaired) electrons. The van der Waals surface area contributed by atoms with Gasteiger partial charge in [0.1, 0.15) is 11.1 Å². The monoisotopic (exact) mass is 575 g/mol. The normalized spacial score (nSPS) is 24.1. The van der Waals surface area contributed by atoms with Crippen LogP contribution in [-0.4, -0.2) is 51.8 Å². The lowest BCUT2D eigenvalue weighted by Crippen LogP contribution is -2.53. The molecule has 0 N–H and O–H groups in total. The molecule has 2 aromatic heterocycles. The van der Waals surface area contributed by atoms with Gasteiger partial charge in [0.2, 0.25) is 4.90 Å². The highest BCUT2D eigenvalue weighted by Crippen LogP contribution is 2.38. The Morgan fingerprint density at radius 1 is 1.33 bits per heavy atom. The summed E-state index contributed by atoms with van der Waals surface area (Å²) in [6, 6.07) is -0.0799. The maximum absolute atomic E-state index is 14.8. The van der Waals surface area contributed by atoms with E-state index in [1.165, 1.54) is 9.70 Å². The van der Waals surface area contributed by atoms with Crippen LogP contribution in [0.4, 0.5) is 10.2 Å². The highest BCUT2D eigenvalue weighted by Gasteiger charge is 2.40. The molecule has 2 atom stereocenters. The second-order valence-electron chi connectivity index (χ2n) is 5.77. The van der Waals surface area contributed by atoms with Gasteiger partial charge in [-0.2, -0.15) is 9.37 Å². The van der Waals surface area contributed by atoms with Gasteiger partial charge < -0.3 is 9.45 Å². The zero-order valence-electron chi connectivity index (χ0n) is 12.5. The number of rotatable bonds is 0. The summed E-state index contributed by atoms with van der Waals surface area (Å²) in [6.07, 6.45) is 0. The van der Waals surface area contributed by atoms with Gasteiger partial charge in [-0.3, -0.25) is 0 Å². The number of fused-ring (bicyclic) bond motifs is 2. The quantitative estimate of drug-likeness (QED) is 0.269. The first-order valence-electron chi connectivity index (χ1n) is 7.23. The molecule has 0 spiro atoms. The van der Waals surface area contributed by atoms with Gasteiger partial charge >= 0.3 is 5.69 Å². The predicted molar refractivity (Wildman–Crippen MR) is 106 cm³/mol. The second-order valence-corrected chi connectivity index (χ2v) is 9.53. The van der Waals surface area contributed by atoms with Crippen molar-refractivity contribution < 1.29 is 8.94 Å². The standard InChI is InChI=1S/C13H12FI2N5O2S/c1-6-9(14)10-8-11(18-13(22)21(16)12(8)17-6)20-3-2-19(15)4-7(20)5-24(10)23/h7H,2-5H2,1H3. The van der Waals surface area contributed by atoms with Gasteiger partial charge in [0.25, 0.3) is 0 Å². The molecular formula is C13H12FI2N5O2S. The third-order valence-corrected chi connectivity index (χ3v) is 7.57. The van der Waals surface area contributed by atoms with Crippen LogP contribution in [0.1, 0.15) is 5.69 Å². The van der Waals surface area contributed by atoms with Crippen molar-refractivity contribution in [3.8, 4) is 0 Å². The minimum Gasteiger partial charge on any atom is -0.611 e. The third kappa shape index (κ3) is 2.54. The Morgan fingerprint density at radius 3 is 2.83 bits per heavy atom. The molecule has 0 saturated carbocycles. The van der Waals surface area contributed by atoms with Crippen molar-refractivity contribution in [1.82, 2.24) is 15.9 Å². The molecule has 0 bridgehead atoms. The molecule has 2 aromatic rings. The minimum atomic E-state index is -1.52. The van der Waals surface area contributed by atoms with E-state index in [1.54, 1.807) is 22.9 Å². The molecule has 4 heterocycles. The zero-order chi connectivity index (χ0) is 17.2. The Kier molecular flexibility index (Phi) is 4.42. The zero-order valence-corrected chi connectivity index (χ0v) is 17.6. The fraction of sp³-hybridized carbons (Fsp3) is 0.462. The SMILES string of the molecule is Cc1nc2c3c(nc(=O)n2I)N2CCN(I)CC2C[S+]([O-])c3c1F. The molecule has 128 valence electrons. The number of halogens is 3. The summed E-state index contributed by atoms with van der Waals surface area (Å²) in [5.41, 5.74) is 0.0134. The van der Waals surface area contributed by atoms with E-state index in [0.717, 1.165) is 6.54 Å². The van der Waals surface area contributed by atoms with Gasteiger partial charge in [-0.1, -0.05) is 0 Å². The number of hydrogen-bond donors (Lipinski definition) is 0. The average Bonchev–Trinajstić information content (AvgIpc) is 2.64. The van der Waals surface area contributed by atoms with E-state index in [4.69, 9.17) is 0 Å². The van der Waals surface area contributed by atoms with Crippen LogP contribution in [0.2, 0.25) is 0 Å². The fourth-order valence-corrected chi connectivity index (χ4v) is 5.87. The van der Waals surface area contributed by atoms with Gasteiger partial charge in [0, 0.05) is 42.5 Å². The summed E-state index contributed by atoms with van der Waals surface area (Å²) in [6.45, 7) is 3.64. The Labute approximate surface area is 167 Å². The van der Waals surface area contributed by atoms with Crippen molar-refractivity contribution in [1.29, 1.82) is 0 Å². The van der Waals surface area contributed by atoms with Crippen LogP contribution in [0.25, 0.3) is 11.0 Å². The van der Waals surface area contributed by atoms with Crippen molar-refractivity contribution >= 4 is 73.8 Å². The average molecular weight is 575 g/mol. The topological polar surface area (TPSA) is 77.3 Å². The van der Waals surface area contributed by atoms with Gasteiger partial charge in [-0.25, -0.2) is 15.7 Å². The summed E-state index contributed by atoms with van der Waals surface area (Å²) >= 11 is 2.51. The van der Waals surface area contributed by atoms with Crippen molar-refractivity contribution in [2.75, 3.05) is 30.3 Å². The Bertz CT molecular complexity index is 910. The van der Waals surface area contributed by atoms with E-state index in [1.807, 2.05) is 4.90 Å². The molecule has 1 fully saturated rings. The van der Waals surface area contributed by atoms with Crippen LogP contribution in [0.3, 0.4) is 0 Å². The highest BCUT2D eigenvalue weighted by atomic mass is 127. The van der Waals surface area contributed by atoms with E-state index in [2.05, 4.69) is 35.9 Å². The molecule has 0 aliphatic carbocycles. The van der Waals surface area contributed by atoms with Crippen molar-refractivity contribution in [2.45, 2.75) is 17.9 Å². The van der Waals surface area contributed by atoms with E-state index in [9.17, 15) is 13.7 Å². The first-order valence-corrected chi connectivity index (χ1v) is 10.5. The molecule has 2 aliphatic rings. The van der Waals surface area contributed by atoms with Gasteiger partial charge in [-0.05, 0) is 18.1 Å². The minimum absolute atomic E-state index is 0.0799. The lowest BCUT2D eigenvalue weighted by Gasteiger charge is -2.38. The predicted octanol–water partition coefficient (Wildman–Crippen LogP) is 1.40. The molecule has 24 heavy (non-hydrogen) atoms. The molecule has 2 aliphatic heterocycles. The molecule has 4 rings (SSSR count). The first-order chi connectivity index (χ1) is 11.4. The van der Waals surface area contributed by atoms with Gasteiger partial charge in [0.05, 0.1) is 34.6 Å². The Morgan fingerprint density at radius 2 is 2.08 bits per heavy atom. The highest BCUT2D eigenvalue weighted by molar-refractivity contribution is 14.1. The lowest BCUT2D eigenvalue weighted by atomic mass is 10.2. The second kappa shape index (κ2) is 6.17. The summed E-state index contributed by atoms with van der Waals surface area (Å²) < 4.78 is 31.0. The summed E-state index contributed by atoms with van der Waals surface area (Å²) in [5.74, 6) is 0.149. The maximum atomic E-state index is 14.8. The maximum Gasteiger partial charge on any atom is 0.360 e. The number of pyridine rings is 1. The molecular weight excluding hydrogens is 563 g/mol. The number of hydrogen-bond acceptors (Lipinski definition) is 6. The van der Waals surface area contributed by atoms with E-state index in [0.29, 0.717) is 35.7 Å². The fourth-order valence-electron chi connectivity index (χ4n) is 3.18. The van der Waals surface area contributed by atoms with E-state index in [-0.39, 0.29) is 16.6 Å². The van der Waals surface area contributed by atoms with Gasteiger partial charge in [-0.15, -0.1) is 0 Å². The molecule has 7 nitrogen and oxygen atoms in total. The van der Waals surface area contributed by atoms with Crippen LogP contribution in [0.15, 0.2) is 9.69 Å². The van der Waals surface area contributed by atoms with Crippen molar-refractivity contribution in [3.05, 3.63) is 22.0 Å². The number of nitrogens with zero attached hydrogens (tertiary/aromatic N) is 5. The van der Waals surface area contributed by atoms with Gasteiger partial charge in [0.15, 0.2) is 17.3 Å². The Hall–Kier alpha value is -0.250. The van der Waals surface area contributed by atoms with Crippen molar-refractivity contribution in [3.63, 3.8) is 0 Å². The van der Waals surface area contributed by atoms with E-state index < -0.39 is 22.7 Å². The molecule has 0 amide bonds. The number of piperazine rings is 1. The van der Waals surface area contributed by atoms with Crippen molar-refractivity contribution in [2.24, 2.45) is 0 Å². The largest absolute Gasteiger partial charge is 0.611 e. The Balaban J connectivity index is 2.10. The van der Waals surface area contributed by atoms with Crippen LogP contribution >= 0.6 is 45.7 Å². The van der Waals surface area contributed by atoms with Crippen LogP contribution in [-0.2, 0) is 11.2 Å². The summed E-state index contributed by atoms with van der Waals surface area (Å²) in [4.78, 5) is 22.8. The summed E-state index contributed by atoms with van der Waals surface area (Å²) in [7, 11) is 0. The molecule has 0 aromatic carbocycles. The molecule has 1 saturated heterocycles. The van der Waals surface area contributed by atoms with Crippen LogP contribution in [0, 0.1) is 12.7 Å².